The molecule has 2 aromatic carbocycles. The van der Waals surface area contributed by atoms with Gasteiger partial charge in [0.25, 0.3) is 21.8 Å². The minimum absolute atomic E-state index is 0.0234. The number of hydrazine groups is 1. The van der Waals surface area contributed by atoms with Gasteiger partial charge in [-0.2, -0.15) is 0 Å². The molecule has 0 spiro atoms. The van der Waals surface area contributed by atoms with E-state index in [2.05, 4.69) is 15.6 Å². The fourth-order valence-corrected chi connectivity index (χ4v) is 4.25. The number of sulfonamides is 1. The Morgan fingerprint density at radius 1 is 0.939 bits per heavy atom. The molecule has 0 aliphatic rings. The van der Waals surface area contributed by atoms with Crippen LogP contribution in [0.4, 0.5) is 5.69 Å². The molecule has 0 aliphatic carbocycles. The van der Waals surface area contributed by atoms with E-state index in [1.165, 1.54) is 67.0 Å². The van der Waals surface area contributed by atoms with Gasteiger partial charge in [-0.3, -0.25) is 25.2 Å². The van der Waals surface area contributed by atoms with Crippen LogP contribution >= 0.6 is 11.3 Å². The lowest BCUT2D eigenvalue weighted by atomic mass is 10.2. The largest absolute Gasteiger partial charge is 0.497 e. The van der Waals surface area contributed by atoms with Gasteiger partial charge < -0.3 is 9.47 Å². The first-order valence-electron chi connectivity index (χ1n) is 9.36. The molecule has 1 heterocycles. The summed E-state index contributed by atoms with van der Waals surface area (Å²) in [5.74, 6) is -1.72. The molecule has 0 aliphatic heterocycles. The van der Waals surface area contributed by atoms with Crippen LogP contribution in [0.15, 0.2) is 70.9 Å². The van der Waals surface area contributed by atoms with Gasteiger partial charge in [0, 0.05) is 0 Å². The van der Waals surface area contributed by atoms with Crippen molar-refractivity contribution < 1.29 is 32.3 Å². The number of amides is 2. The second kappa shape index (κ2) is 10.6. The Hall–Kier alpha value is -3.90. The maximum absolute atomic E-state index is 12.7. The average Bonchev–Trinajstić information content (AvgIpc) is 3.36. The SMILES string of the molecule is COc1ccc(S(=O)(=O)Nc2ccccc2C(=O)OCC(=O)NNC(=O)c2cccs2)cc1. The molecule has 2 amide bonds. The lowest BCUT2D eigenvalue weighted by Crippen LogP contribution is -2.43. The van der Waals surface area contributed by atoms with Gasteiger partial charge in [0.2, 0.25) is 0 Å². The zero-order chi connectivity index (χ0) is 23.8. The van der Waals surface area contributed by atoms with E-state index in [4.69, 9.17) is 9.47 Å². The Morgan fingerprint density at radius 2 is 1.67 bits per heavy atom. The zero-order valence-electron chi connectivity index (χ0n) is 17.2. The lowest BCUT2D eigenvalue weighted by Gasteiger charge is -2.13. The van der Waals surface area contributed by atoms with Crippen molar-refractivity contribution in [3.8, 4) is 5.75 Å². The Morgan fingerprint density at radius 3 is 2.33 bits per heavy atom. The first-order valence-corrected chi connectivity index (χ1v) is 11.7. The van der Waals surface area contributed by atoms with Gasteiger partial charge in [-0.05, 0) is 47.8 Å². The Labute approximate surface area is 193 Å². The number of benzene rings is 2. The second-order valence-corrected chi connectivity index (χ2v) is 9.01. The third kappa shape index (κ3) is 6.30. The van der Waals surface area contributed by atoms with Gasteiger partial charge in [-0.15, -0.1) is 11.3 Å². The third-order valence-electron chi connectivity index (χ3n) is 4.16. The summed E-state index contributed by atoms with van der Waals surface area (Å²) >= 11 is 1.19. The van der Waals surface area contributed by atoms with E-state index in [1.807, 2.05) is 0 Å². The predicted octanol–water partition coefficient (Wildman–Crippen LogP) is 2.18. The lowest BCUT2D eigenvalue weighted by molar-refractivity contribution is -0.125. The molecule has 3 N–H and O–H groups in total. The number of rotatable bonds is 8. The average molecular weight is 490 g/mol. The molecule has 0 saturated heterocycles. The normalized spacial score (nSPS) is 10.7. The van der Waals surface area contributed by atoms with Crippen molar-refractivity contribution in [2.75, 3.05) is 18.4 Å². The highest BCUT2D eigenvalue weighted by Gasteiger charge is 2.20. The molecule has 1 aromatic heterocycles. The number of methoxy groups -OCH3 is 1. The van der Waals surface area contributed by atoms with E-state index in [0.29, 0.717) is 10.6 Å². The van der Waals surface area contributed by atoms with E-state index < -0.39 is 34.4 Å². The Bertz CT molecular complexity index is 1240. The highest BCUT2D eigenvalue weighted by Crippen LogP contribution is 2.22. The van der Waals surface area contributed by atoms with Crippen molar-refractivity contribution in [2.45, 2.75) is 4.90 Å². The molecule has 0 unspecified atom stereocenters. The summed E-state index contributed by atoms with van der Waals surface area (Å²) in [4.78, 5) is 36.5. The topological polar surface area (TPSA) is 140 Å². The fourth-order valence-electron chi connectivity index (χ4n) is 2.55. The smallest absolute Gasteiger partial charge is 0.340 e. The van der Waals surface area contributed by atoms with E-state index in [-0.39, 0.29) is 16.1 Å². The Kier molecular flexibility index (Phi) is 7.64. The molecule has 0 saturated carbocycles. The summed E-state index contributed by atoms with van der Waals surface area (Å²) in [5, 5.41) is 1.71. The van der Waals surface area contributed by atoms with E-state index in [1.54, 1.807) is 17.5 Å². The summed E-state index contributed by atoms with van der Waals surface area (Å²) in [6, 6.07) is 14.8. The van der Waals surface area contributed by atoms with Crippen molar-refractivity contribution in [3.63, 3.8) is 0 Å². The quantitative estimate of drug-likeness (QED) is 0.325. The van der Waals surface area contributed by atoms with Crippen molar-refractivity contribution in [2.24, 2.45) is 0 Å². The summed E-state index contributed by atoms with van der Waals surface area (Å²) in [7, 11) is -2.54. The van der Waals surface area contributed by atoms with Gasteiger partial charge in [0.05, 0.1) is 28.1 Å². The van der Waals surface area contributed by atoms with Gasteiger partial charge in [0.15, 0.2) is 6.61 Å². The number of hydrogen-bond acceptors (Lipinski definition) is 8. The fraction of sp³-hybridized carbons (Fsp3) is 0.0952. The molecule has 0 radical (unpaired) electrons. The van der Waals surface area contributed by atoms with Crippen LogP contribution in [-0.4, -0.2) is 39.9 Å². The summed E-state index contributed by atoms with van der Waals surface area (Å²) in [6.45, 7) is -0.691. The van der Waals surface area contributed by atoms with Crippen LogP contribution in [0.25, 0.3) is 0 Å². The summed E-state index contributed by atoms with van der Waals surface area (Å²) in [5.41, 5.74) is 4.21. The number of hydrogen-bond donors (Lipinski definition) is 3. The molecule has 0 bridgehead atoms. The molecule has 3 aromatic rings. The van der Waals surface area contributed by atoms with E-state index in [9.17, 15) is 22.8 Å². The number of carbonyl (C=O) groups excluding carboxylic acids is 3. The van der Waals surface area contributed by atoms with Crippen LogP contribution in [-0.2, 0) is 19.6 Å². The van der Waals surface area contributed by atoms with Crippen molar-refractivity contribution in [3.05, 3.63) is 76.5 Å². The van der Waals surface area contributed by atoms with Crippen LogP contribution < -0.4 is 20.3 Å². The highest BCUT2D eigenvalue weighted by atomic mass is 32.2. The molecular weight excluding hydrogens is 470 g/mol. The number of carbonyl (C=O) groups is 3. The Balaban J connectivity index is 1.61. The molecule has 3 rings (SSSR count). The monoisotopic (exact) mass is 489 g/mol. The molecule has 10 nitrogen and oxygen atoms in total. The number of anilines is 1. The first-order chi connectivity index (χ1) is 15.8. The molecule has 33 heavy (non-hydrogen) atoms. The summed E-state index contributed by atoms with van der Waals surface area (Å²) < 4.78 is 37.7. The zero-order valence-corrected chi connectivity index (χ0v) is 18.9. The minimum atomic E-state index is -4.00. The number of para-hydroxylation sites is 1. The maximum atomic E-state index is 12.7. The first kappa shape index (κ1) is 23.8. The van der Waals surface area contributed by atoms with E-state index >= 15 is 0 Å². The standard InChI is InChI=1S/C21H19N3O7S2/c1-30-14-8-10-15(11-9-14)33(28,29)24-17-6-3-2-5-16(17)21(27)31-13-19(25)22-23-20(26)18-7-4-12-32-18/h2-12,24H,13H2,1H3,(H,22,25)(H,23,26). The van der Waals surface area contributed by atoms with Crippen LogP contribution in [0.3, 0.4) is 0 Å². The number of nitrogens with one attached hydrogen (secondary N) is 3. The molecular formula is C21H19N3O7S2. The van der Waals surface area contributed by atoms with Crippen molar-refractivity contribution in [1.29, 1.82) is 0 Å². The van der Waals surface area contributed by atoms with Gasteiger partial charge in [-0.25, -0.2) is 13.2 Å². The van der Waals surface area contributed by atoms with Gasteiger partial charge >= 0.3 is 5.97 Å². The number of esters is 1. The van der Waals surface area contributed by atoms with Crippen LogP contribution in [0.5, 0.6) is 5.75 Å². The van der Waals surface area contributed by atoms with Crippen LogP contribution in [0, 0.1) is 0 Å². The van der Waals surface area contributed by atoms with Crippen LogP contribution in [0.1, 0.15) is 20.0 Å². The second-order valence-electron chi connectivity index (χ2n) is 6.38. The van der Waals surface area contributed by atoms with Crippen molar-refractivity contribution in [1.82, 2.24) is 10.9 Å². The number of thiophene rings is 1. The van der Waals surface area contributed by atoms with Gasteiger partial charge in [-0.1, -0.05) is 18.2 Å². The molecule has 0 atom stereocenters. The predicted molar refractivity (Wildman–Crippen MR) is 120 cm³/mol. The molecule has 0 fully saturated rings. The van der Waals surface area contributed by atoms with Crippen molar-refractivity contribution >= 4 is 44.8 Å². The number of ether oxygens (including phenoxy) is 2. The maximum Gasteiger partial charge on any atom is 0.340 e. The molecule has 12 heteroatoms. The third-order valence-corrected chi connectivity index (χ3v) is 6.41. The summed E-state index contributed by atoms with van der Waals surface area (Å²) in [6.07, 6.45) is 0. The minimum Gasteiger partial charge on any atom is -0.497 e. The highest BCUT2D eigenvalue weighted by molar-refractivity contribution is 7.92. The van der Waals surface area contributed by atoms with Crippen LogP contribution in [0.2, 0.25) is 0 Å². The molecule has 172 valence electrons. The van der Waals surface area contributed by atoms with E-state index in [0.717, 1.165) is 0 Å². The van der Waals surface area contributed by atoms with Gasteiger partial charge in [0.1, 0.15) is 5.75 Å².